The summed E-state index contributed by atoms with van der Waals surface area (Å²) in [6.45, 7) is 6.55. The van der Waals surface area contributed by atoms with E-state index >= 15 is 0 Å². The van der Waals surface area contributed by atoms with Gasteiger partial charge in [0.2, 0.25) is 0 Å². The first-order valence-electron chi connectivity index (χ1n) is 10.0. The average Bonchev–Trinajstić information content (AvgIpc) is 2.66. The first kappa shape index (κ1) is 19.7. The Kier molecular flexibility index (Phi) is 7.78. The molecule has 0 amide bonds. The van der Waals surface area contributed by atoms with Crippen molar-refractivity contribution in [1.29, 1.82) is 0 Å². The van der Waals surface area contributed by atoms with Gasteiger partial charge in [0, 0.05) is 43.7 Å². The summed E-state index contributed by atoms with van der Waals surface area (Å²) in [6, 6.07) is 8.22. The lowest BCUT2D eigenvalue weighted by molar-refractivity contribution is 0.109. The fraction of sp³-hybridized carbons (Fsp3) is 0.667. The first-order chi connectivity index (χ1) is 12.7. The molecule has 0 spiro atoms. The van der Waals surface area contributed by atoms with Crippen molar-refractivity contribution in [1.82, 2.24) is 9.80 Å². The Hall–Kier alpha value is -1.10. The van der Waals surface area contributed by atoms with Gasteiger partial charge in [0.1, 0.15) is 6.61 Å². The maximum Gasteiger partial charge on any atom is 0.118 e. The number of hydrogen-bond acceptors (Lipinski definition) is 4. The van der Waals surface area contributed by atoms with E-state index in [1.807, 2.05) is 12.1 Å². The Bertz CT molecular complexity index is 567. The Morgan fingerprint density at radius 2 is 1.88 bits per heavy atom. The zero-order valence-electron chi connectivity index (χ0n) is 16.0. The van der Waals surface area contributed by atoms with Crippen LogP contribution in [-0.4, -0.2) is 61.9 Å². The molecular weight excluding hydrogens is 346 g/mol. The Labute approximate surface area is 163 Å². The van der Waals surface area contributed by atoms with Crippen LogP contribution < -0.4 is 0 Å². The number of hydrogen-bond donors (Lipinski definition) is 0. The Morgan fingerprint density at radius 1 is 1.12 bits per heavy atom. The van der Waals surface area contributed by atoms with E-state index < -0.39 is 0 Å². The number of piperazine rings is 1. The molecule has 2 aliphatic rings. The molecule has 1 aromatic carbocycles. The van der Waals surface area contributed by atoms with Crippen molar-refractivity contribution in [2.24, 2.45) is 11.1 Å². The van der Waals surface area contributed by atoms with Crippen LogP contribution in [0.2, 0.25) is 5.02 Å². The summed E-state index contributed by atoms with van der Waals surface area (Å²) in [7, 11) is 2.20. The van der Waals surface area contributed by atoms with E-state index in [0.29, 0.717) is 5.92 Å². The summed E-state index contributed by atoms with van der Waals surface area (Å²) in [4.78, 5) is 10.6. The van der Waals surface area contributed by atoms with E-state index in [-0.39, 0.29) is 0 Å². The van der Waals surface area contributed by atoms with Crippen molar-refractivity contribution in [2.75, 3.05) is 46.4 Å². The van der Waals surface area contributed by atoms with Crippen molar-refractivity contribution < 1.29 is 4.84 Å². The molecule has 1 atom stereocenters. The third kappa shape index (κ3) is 6.26. The predicted molar refractivity (Wildman–Crippen MR) is 109 cm³/mol. The summed E-state index contributed by atoms with van der Waals surface area (Å²) in [5, 5.41) is 5.34. The molecule has 26 heavy (non-hydrogen) atoms. The molecular formula is C21H32ClN3O. The van der Waals surface area contributed by atoms with E-state index in [1.54, 1.807) is 0 Å². The van der Waals surface area contributed by atoms with Crippen LogP contribution in [-0.2, 0) is 11.3 Å². The quantitative estimate of drug-likeness (QED) is 0.529. The Morgan fingerprint density at radius 3 is 2.65 bits per heavy atom. The molecule has 1 aliphatic carbocycles. The number of oxime groups is 1. The molecule has 0 radical (unpaired) electrons. The van der Waals surface area contributed by atoms with Crippen LogP contribution in [0.25, 0.3) is 0 Å². The molecule has 0 aromatic heterocycles. The lowest BCUT2D eigenvalue weighted by atomic mass is 9.83. The van der Waals surface area contributed by atoms with Crippen LogP contribution in [0.5, 0.6) is 0 Å². The highest BCUT2D eigenvalue weighted by molar-refractivity contribution is 6.30. The molecule has 2 fully saturated rings. The molecule has 0 bridgehead atoms. The summed E-state index contributed by atoms with van der Waals surface area (Å²) in [6.07, 6.45) is 6.92. The zero-order chi connectivity index (χ0) is 18.2. The Balaban J connectivity index is 1.41. The van der Waals surface area contributed by atoms with Gasteiger partial charge in [0.25, 0.3) is 0 Å². The van der Waals surface area contributed by atoms with E-state index in [0.717, 1.165) is 37.4 Å². The normalized spacial score (nSPS) is 24.1. The maximum absolute atomic E-state index is 6.00. The zero-order valence-corrected chi connectivity index (χ0v) is 16.8. The van der Waals surface area contributed by atoms with Gasteiger partial charge >= 0.3 is 0 Å². The highest BCUT2D eigenvalue weighted by atomic mass is 35.5. The van der Waals surface area contributed by atoms with Crippen LogP contribution in [0.15, 0.2) is 29.4 Å². The highest BCUT2D eigenvalue weighted by Crippen LogP contribution is 2.26. The molecule has 1 heterocycles. The van der Waals surface area contributed by atoms with E-state index in [4.69, 9.17) is 16.4 Å². The molecule has 144 valence electrons. The van der Waals surface area contributed by atoms with Gasteiger partial charge in [-0.05, 0) is 56.8 Å². The smallest absolute Gasteiger partial charge is 0.118 e. The van der Waals surface area contributed by atoms with Gasteiger partial charge in [-0.1, -0.05) is 35.3 Å². The van der Waals surface area contributed by atoms with Gasteiger partial charge < -0.3 is 14.6 Å². The molecule has 3 rings (SSSR count). The number of rotatable bonds is 7. The van der Waals surface area contributed by atoms with Gasteiger partial charge in [-0.25, -0.2) is 0 Å². The summed E-state index contributed by atoms with van der Waals surface area (Å²) in [5.74, 6) is 0.516. The molecule has 0 N–H and O–H groups in total. The SMILES string of the molecule is CN1CCN(CCCON=C2CCCCC2Cc2ccc(Cl)cc2)CC1. The molecule has 1 saturated carbocycles. The van der Waals surface area contributed by atoms with Gasteiger partial charge in [0.15, 0.2) is 0 Å². The predicted octanol–water partition coefficient (Wildman–Crippen LogP) is 4.08. The maximum atomic E-state index is 6.00. The first-order valence-corrected chi connectivity index (χ1v) is 10.4. The molecule has 1 aromatic rings. The molecule has 5 heteroatoms. The highest BCUT2D eigenvalue weighted by Gasteiger charge is 2.21. The summed E-state index contributed by atoms with van der Waals surface area (Å²) in [5.41, 5.74) is 2.59. The topological polar surface area (TPSA) is 28.1 Å². The fourth-order valence-electron chi connectivity index (χ4n) is 3.87. The van der Waals surface area contributed by atoms with E-state index in [9.17, 15) is 0 Å². The van der Waals surface area contributed by atoms with E-state index in [1.165, 1.54) is 56.7 Å². The summed E-state index contributed by atoms with van der Waals surface area (Å²) >= 11 is 6.00. The van der Waals surface area contributed by atoms with Crippen LogP contribution in [0.3, 0.4) is 0 Å². The molecule has 1 aliphatic heterocycles. The van der Waals surface area contributed by atoms with Gasteiger partial charge in [-0.15, -0.1) is 0 Å². The minimum Gasteiger partial charge on any atom is -0.396 e. The van der Waals surface area contributed by atoms with Crippen LogP contribution in [0, 0.1) is 5.92 Å². The van der Waals surface area contributed by atoms with Crippen molar-refractivity contribution in [3.05, 3.63) is 34.9 Å². The van der Waals surface area contributed by atoms with Crippen molar-refractivity contribution >= 4 is 17.3 Å². The van der Waals surface area contributed by atoms with E-state index in [2.05, 4.69) is 34.1 Å². The van der Waals surface area contributed by atoms with Gasteiger partial charge in [0.05, 0.1) is 5.71 Å². The average molecular weight is 378 g/mol. The number of benzene rings is 1. The lowest BCUT2D eigenvalue weighted by Gasteiger charge is -2.32. The third-order valence-electron chi connectivity index (χ3n) is 5.59. The third-order valence-corrected chi connectivity index (χ3v) is 5.84. The second-order valence-corrected chi connectivity index (χ2v) is 8.12. The second kappa shape index (κ2) is 10.3. The van der Waals surface area contributed by atoms with Crippen LogP contribution in [0.1, 0.15) is 37.7 Å². The van der Waals surface area contributed by atoms with Crippen molar-refractivity contribution in [2.45, 2.75) is 38.5 Å². The standard InChI is InChI=1S/C21H32ClN3O/c1-24-12-14-25(15-13-24)11-4-16-26-23-21-6-3-2-5-19(21)17-18-7-9-20(22)10-8-18/h7-10,19H,2-6,11-17H2,1H3. The number of likely N-dealkylation sites (N-methyl/N-ethyl adjacent to an activating group) is 1. The van der Waals surface area contributed by atoms with Crippen LogP contribution >= 0.6 is 11.6 Å². The molecule has 4 nitrogen and oxygen atoms in total. The van der Waals surface area contributed by atoms with Crippen molar-refractivity contribution in [3.63, 3.8) is 0 Å². The van der Waals surface area contributed by atoms with Gasteiger partial charge in [-0.2, -0.15) is 0 Å². The van der Waals surface area contributed by atoms with Crippen LogP contribution in [0.4, 0.5) is 0 Å². The lowest BCUT2D eigenvalue weighted by Crippen LogP contribution is -2.44. The fourth-order valence-corrected chi connectivity index (χ4v) is 3.99. The molecule has 1 unspecified atom stereocenters. The number of nitrogens with zero attached hydrogens (tertiary/aromatic N) is 3. The second-order valence-electron chi connectivity index (χ2n) is 7.69. The summed E-state index contributed by atoms with van der Waals surface area (Å²) < 4.78 is 0. The largest absolute Gasteiger partial charge is 0.396 e. The van der Waals surface area contributed by atoms with Crippen molar-refractivity contribution in [3.8, 4) is 0 Å². The minimum absolute atomic E-state index is 0.516. The molecule has 1 saturated heterocycles. The van der Waals surface area contributed by atoms with Gasteiger partial charge in [-0.3, -0.25) is 0 Å². The monoisotopic (exact) mass is 377 g/mol. The minimum atomic E-state index is 0.516. The number of halogens is 1.